The molecule has 1 aliphatic carbocycles. The van der Waals surface area contributed by atoms with Crippen molar-refractivity contribution in [3.63, 3.8) is 0 Å². The van der Waals surface area contributed by atoms with Crippen molar-refractivity contribution in [3.05, 3.63) is 0 Å². The average molecular weight is 251 g/mol. The summed E-state index contributed by atoms with van der Waals surface area (Å²) < 4.78 is 22.0. The van der Waals surface area contributed by atoms with E-state index in [2.05, 4.69) is 12.2 Å². The van der Waals surface area contributed by atoms with Gasteiger partial charge in [-0.3, -0.25) is 0 Å². The predicted molar refractivity (Wildman–Crippen MR) is 67.2 cm³/mol. The van der Waals surface area contributed by atoms with Gasteiger partial charge in [-0.05, 0) is 25.8 Å². The Labute approximate surface area is 97.3 Å². The van der Waals surface area contributed by atoms with Gasteiger partial charge in [-0.25, -0.2) is 8.42 Å². The van der Waals surface area contributed by atoms with Crippen LogP contribution in [0.2, 0.25) is 0 Å². The van der Waals surface area contributed by atoms with E-state index >= 15 is 0 Å². The van der Waals surface area contributed by atoms with E-state index in [1.165, 1.54) is 19.1 Å². The van der Waals surface area contributed by atoms with Crippen LogP contribution < -0.4 is 5.32 Å². The molecule has 0 amide bonds. The van der Waals surface area contributed by atoms with Gasteiger partial charge in [0.05, 0.1) is 5.75 Å². The van der Waals surface area contributed by atoms with Crippen molar-refractivity contribution in [1.82, 2.24) is 5.32 Å². The van der Waals surface area contributed by atoms with E-state index < -0.39 is 9.84 Å². The Hall–Kier alpha value is 0.260. The maximum absolute atomic E-state index is 11.0. The molecule has 0 heterocycles. The zero-order valence-corrected chi connectivity index (χ0v) is 11.3. The molecule has 5 heteroatoms. The van der Waals surface area contributed by atoms with Crippen molar-refractivity contribution in [3.8, 4) is 0 Å². The van der Waals surface area contributed by atoms with Gasteiger partial charge in [0.25, 0.3) is 0 Å². The van der Waals surface area contributed by atoms with Crippen LogP contribution in [0.4, 0.5) is 0 Å². The monoisotopic (exact) mass is 251 g/mol. The third-order valence-electron chi connectivity index (χ3n) is 3.14. The summed E-state index contributed by atoms with van der Waals surface area (Å²) in [5.74, 6) is 1.70. The van der Waals surface area contributed by atoms with Gasteiger partial charge in [0.2, 0.25) is 0 Å². The molecule has 1 N–H and O–H groups in total. The molecule has 90 valence electrons. The van der Waals surface area contributed by atoms with E-state index in [4.69, 9.17) is 0 Å². The van der Waals surface area contributed by atoms with E-state index in [9.17, 15) is 8.42 Å². The van der Waals surface area contributed by atoms with Gasteiger partial charge in [-0.15, -0.1) is 0 Å². The minimum Gasteiger partial charge on any atom is -0.317 e. The maximum atomic E-state index is 11.0. The van der Waals surface area contributed by atoms with Gasteiger partial charge in [-0.1, -0.05) is 6.92 Å². The fraction of sp³-hybridized carbons (Fsp3) is 1.00. The Morgan fingerprint density at radius 3 is 2.53 bits per heavy atom. The van der Waals surface area contributed by atoms with Gasteiger partial charge in [0.1, 0.15) is 9.84 Å². The number of hydrogen-bond donors (Lipinski definition) is 1. The fourth-order valence-electron chi connectivity index (χ4n) is 2.12. The molecule has 0 radical (unpaired) electrons. The topological polar surface area (TPSA) is 46.2 Å². The summed E-state index contributed by atoms with van der Waals surface area (Å²) in [5, 5.41) is 3.95. The van der Waals surface area contributed by atoms with Crippen LogP contribution in [-0.2, 0) is 9.84 Å². The first-order chi connectivity index (χ1) is 6.94. The third-order valence-corrected chi connectivity index (χ3v) is 5.88. The number of sulfone groups is 1. The van der Waals surface area contributed by atoms with Crippen molar-refractivity contribution >= 4 is 21.6 Å². The predicted octanol–water partition coefficient (Wildman–Crippen LogP) is 1.15. The summed E-state index contributed by atoms with van der Waals surface area (Å²) in [6, 6.07) is 0.612. The van der Waals surface area contributed by atoms with Crippen molar-refractivity contribution in [2.75, 3.05) is 24.8 Å². The van der Waals surface area contributed by atoms with Crippen LogP contribution in [0.5, 0.6) is 0 Å². The van der Waals surface area contributed by atoms with Gasteiger partial charge in [0, 0.05) is 23.3 Å². The second-order valence-corrected chi connectivity index (χ2v) is 7.98. The van der Waals surface area contributed by atoms with Gasteiger partial charge >= 0.3 is 0 Å². The normalized spacial score (nSPS) is 32.1. The van der Waals surface area contributed by atoms with Crippen LogP contribution in [0.1, 0.15) is 19.8 Å². The molecule has 1 aliphatic rings. The molecule has 0 bridgehead atoms. The highest BCUT2D eigenvalue weighted by molar-refractivity contribution is 8.01. The fourth-order valence-corrected chi connectivity index (χ4v) is 4.82. The van der Waals surface area contributed by atoms with Crippen LogP contribution in [0.25, 0.3) is 0 Å². The summed E-state index contributed by atoms with van der Waals surface area (Å²) in [4.78, 5) is 0. The van der Waals surface area contributed by atoms with Gasteiger partial charge in [0.15, 0.2) is 0 Å². The molecule has 1 rings (SSSR count). The van der Waals surface area contributed by atoms with E-state index in [1.807, 2.05) is 18.8 Å². The number of nitrogens with one attached hydrogen (secondary N) is 1. The molecule has 15 heavy (non-hydrogen) atoms. The van der Waals surface area contributed by atoms with Crippen molar-refractivity contribution < 1.29 is 8.42 Å². The van der Waals surface area contributed by atoms with Gasteiger partial charge in [-0.2, -0.15) is 11.8 Å². The summed E-state index contributed by atoms with van der Waals surface area (Å²) in [6.45, 7) is 2.26. The van der Waals surface area contributed by atoms with Gasteiger partial charge < -0.3 is 5.32 Å². The van der Waals surface area contributed by atoms with Crippen molar-refractivity contribution in [2.45, 2.75) is 31.1 Å². The quantitative estimate of drug-likeness (QED) is 0.796. The second kappa shape index (κ2) is 5.55. The molecular weight excluding hydrogens is 230 g/mol. The standard InChI is InChI=1S/C10H21NO2S2/c1-8-9(11-2)4-5-10(8)14-6-7-15(3,12)13/h8-11H,4-7H2,1-3H3. The SMILES string of the molecule is CNC1CCC(SCCS(C)(=O)=O)C1C. The molecule has 0 aromatic rings. The summed E-state index contributed by atoms with van der Waals surface area (Å²) in [5.41, 5.74) is 0. The first-order valence-electron chi connectivity index (χ1n) is 5.40. The zero-order chi connectivity index (χ0) is 11.5. The van der Waals surface area contributed by atoms with Crippen LogP contribution in [0, 0.1) is 5.92 Å². The first-order valence-corrected chi connectivity index (χ1v) is 8.51. The van der Waals surface area contributed by atoms with Crippen LogP contribution in [-0.4, -0.2) is 44.5 Å². The maximum Gasteiger partial charge on any atom is 0.148 e. The molecule has 1 saturated carbocycles. The van der Waals surface area contributed by atoms with Crippen LogP contribution in [0.3, 0.4) is 0 Å². The van der Waals surface area contributed by atoms with E-state index in [0.29, 0.717) is 23.0 Å². The summed E-state index contributed by atoms with van der Waals surface area (Å²) in [7, 11) is -0.784. The molecule has 1 fully saturated rings. The zero-order valence-electron chi connectivity index (χ0n) is 9.69. The van der Waals surface area contributed by atoms with Crippen molar-refractivity contribution in [2.24, 2.45) is 5.92 Å². The Morgan fingerprint density at radius 2 is 2.07 bits per heavy atom. The lowest BCUT2D eigenvalue weighted by Gasteiger charge is -2.19. The number of rotatable bonds is 5. The Morgan fingerprint density at radius 1 is 1.40 bits per heavy atom. The third kappa shape index (κ3) is 4.33. The second-order valence-electron chi connectivity index (χ2n) is 4.37. The molecule has 0 aromatic carbocycles. The molecule has 0 aliphatic heterocycles. The smallest absolute Gasteiger partial charge is 0.148 e. The van der Waals surface area contributed by atoms with Crippen LogP contribution >= 0.6 is 11.8 Å². The molecule has 0 saturated heterocycles. The molecule has 0 spiro atoms. The lowest BCUT2D eigenvalue weighted by atomic mass is 10.1. The van der Waals surface area contributed by atoms with E-state index in [0.717, 1.165) is 5.75 Å². The Kier molecular flexibility index (Phi) is 4.93. The van der Waals surface area contributed by atoms with E-state index in [-0.39, 0.29) is 0 Å². The highest BCUT2D eigenvalue weighted by atomic mass is 32.2. The van der Waals surface area contributed by atoms with E-state index in [1.54, 1.807) is 0 Å². The molecule has 3 nitrogen and oxygen atoms in total. The average Bonchev–Trinajstić information content (AvgIpc) is 2.46. The minimum absolute atomic E-state index is 0.311. The Balaban J connectivity index is 2.29. The first kappa shape index (κ1) is 13.3. The summed E-state index contributed by atoms with van der Waals surface area (Å²) in [6.07, 6.45) is 3.73. The molecular formula is C10H21NO2S2. The Bertz CT molecular complexity index is 290. The van der Waals surface area contributed by atoms with Crippen LogP contribution in [0.15, 0.2) is 0 Å². The molecule has 3 unspecified atom stereocenters. The lowest BCUT2D eigenvalue weighted by Crippen LogP contribution is -2.30. The summed E-state index contributed by atoms with van der Waals surface area (Å²) >= 11 is 1.82. The highest BCUT2D eigenvalue weighted by Crippen LogP contribution is 2.34. The highest BCUT2D eigenvalue weighted by Gasteiger charge is 2.31. The largest absolute Gasteiger partial charge is 0.317 e. The number of hydrogen-bond acceptors (Lipinski definition) is 4. The molecule has 0 aromatic heterocycles. The molecule has 3 atom stereocenters. The van der Waals surface area contributed by atoms with Crippen molar-refractivity contribution in [1.29, 1.82) is 0 Å². The number of thioether (sulfide) groups is 1. The lowest BCUT2D eigenvalue weighted by molar-refractivity contribution is 0.464. The minimum atomic E-state index is -2.79.